The zero-order chi connectivity index (χ0) is 15.5. The van der Waals surface area contributed by atoms with Crippen LogP contribution in [0.15, 0.2) is 53.0 Å². The van der Waals surface area contributed by atoms with Gasteiger partial charge in [-0.3, -0.25) is 4.79 Å². The van der Waals surface area contributed by atoms with E-state index in [9.17, 15) is 4.79 Å². The summed E-state index contributed by atoms with van der Waals surface area (Å²) in [7, 11) is 1.60. The molecule has 0 radical (unpaired) electrons. The van der Waals surface area contributed by atoms with Crippen molar-refractivity contribution in [2.75, 3.05) is 12.4 Å². The molecule has 2 aromatic rings. The molecule has 0 heterocycles. The summed E-state index contributed by atoms with van der Waals surface area (Å²) in [6, 6.07) is 14.9. The van der Waals surface area contributed by atoms with Crippen LogP contribution in [0.1, 0.15) is 12.5 Å². The van der Waals surface area contributed by atoms with E-state index in [4.69, 9.17) is 10.5 Å². The minimum atomic E-state index is -1.01. The van der Waals surface area contributed by atoms with Crippen molar-refractivity contribution in [1.82, 2.24) is 0 Å². The highest BCUT2D eigenvalue weighted by Crippen LogP contribution is 2.28. The molecule has 0 aromatic heterocycles. The van der Waals surface area contributed by atoms with Gasteiger partial charge in [0.05, 0.1) is 7.11 Å². The van der Waals surface area contributed by atoms with E-state index in [0.717, 1.165) is 15.7 Å². The Bertz CT molecular complexity index is 643. The van der Waals surface area contributed by atoms with Crippen LogP contribution in [-0.2, 0) is 10.3 Å². The van der Waals surface area contributed by atoms with Crippen LogP contribution in [0.4, 0.5) is 5.69 Å². The van der Waals surface area contributed by atoms with Gasteiger partial charge >= 0.3 is 0 Å². The summed E-state index contributed by atoms with van der Waals surface area (Å²) in [6.07, 6.45) is 0. The molecular weight excluding hydrogens is 332 g/mol. The number of amides is 1. The Kier molecular flexibility index (Phi) is 4.53. The number of primary amides is 1. The van der Waals surface area contributed by atoms with Crippen LogP contribution >= 0.6 is 15.9 Å². The lowest BCUT2D eigenvalue weighted by atomic mass is 9.91. The summed E-state index contributed by atoms with van der Waals surface area (Å²) in [6.45, 7) is 1.76. The molecule has 0 spiro atoms. The van der Waals surface area contributed by atoms with Gasteiger partial charge < -0.3 is 15.8 Å². The highest BCUT2D eigenvalue weighted by Gasteiger charge is 2.33. The van der Waals surface area contributed by atoms with E-state index in [-0.39, 0.29) is 0 Å². The third-order valence-corrected chi connectivity index (χ3v) is 3.91. The van der Waals surface area contributed by atoms with Gasteiger partial charge in [0.2, 0.25) is 5.91 Å². The van der Waals surface area contributed by atoms with Crippen LogP contribution in [0.3, 0.4) is 0 Å². The Hall–Kier alpha value is -2.01. The maximum absolute atomic E-state index is 12.0. The number of carbonyl (C=O) groups excluding carboxylic acids is 1. The fourth-order valence-electron chi connectivity index (χ4n) is 2.05. The fourth-order valence-corrected chi connectivity index (χ4v) is 2.31. The van der Waals surface area contributed by atoms with Crippen molar-refractivity contribution in [3.05, 3.63) is 58.6 Å². The van der Waals surface area contributed by atoms with E-state index >= 15 is 0 Å². The molecule has 0 fully saturated rings. The van der Waals surface area contributed by atoms with Gasteiger partial charge in [-0.05, 0) is 36.8 Å². The molecule has 0 aliphatic rings. The number of carbonyl (C=O) groups is 1. The first-order valence-electron chi connectivity index (χ1n) is 6.44. The largest absolute Gasteiger partial charge is 0.497 e. The number of hydrogen-bond donors (Lipinski definition) is 2. The Morgan fingerprint density at radius 3 is 2.48 bits per heavy atom. The molecule has 0 aliphatic carbocycles. The summed E-state index contributed by atoms with van der Waals surface area (Å²) in [4.78, 5) is 12.0. The monoisotopic (exact) mass is 348 g/mol. The van der Waals surface area contributed by atoms with Gasteiger partial charge in [-0.25, -0.2) is 0 Å². The zero-order valence-electron chi connectivity index (χ0n) is 11.9. The van der Waals surface area contributed by atoms with Crippen molar-refractivity contribution >= 4 is 27.5 Å². The molecule has 21 heavy (non-hydrogen) atoms. The number of anilines is 1. The van der Waals surface area contributed by atoms with Crippen LogP contribution < -0.4 is 15.8 Å². The van der Waals surface area contributed by atoms with Crippen molar-refractivity contribution < 1.29 is 9.53 Å². The van der Waals surface area contributed by atoms with Gasteiger partial charge in [0.15, 0.2) is 0 Å². The maximum Gasteiger partial charge on any atom is 0.247 e. The van der Waals surface area contributed by atoms with Crippen LogP contribution in [0.2, 0.25) is 0 Å². The van der Waals surface area contributed by atoms with Gasteiger partial charge in [-0.2, -0.15) is 0 Å². The number of halogens is 1. The van der Waals surface area contributed by atoms with Crippen molar-refractivity contribution in [3.63, 3.8) is 0 Å². The predicted molar refractivity (Wildman–Crippen MR) is 87.3 cm³/mol. The van der Waals surface area contributed by atoms with E-state index in [1.807, 2.05) is 48.5 Å². The number of benzene rings is 2. The summed E-state index contributed by atoms with van der Waals surface area (Å²) in [5.74, 6) is 0.260. The Morgan fingerprint density at radius 1 is 1.24 bits per heavy atom. The number of hydrogen-bond acceptors (Lipinski definition) is 3. The molecule has 5 heteroatoms. The minimum absolute atomic E-state index is 0.451. The maximum atomic E-state index is 12.0. The molecule has 3 N–H and O–H groups in total. The Balaban J connectivity index is 2.38. The lowest BCUT2D eigenvalue weighted by Gasteiger charge is -2.29. The molecule has 1 amide bonds. The molecule has 4 nitrogen and oxygen atoms in total. The highest BCUT2D eigenvalue weighted by molar-refractivity contribution is 9.10. The molecule has 0 saturated heterocycles. The van der Waals surface area contributed by atoms with Gasteiger partial charge in [0.25, 0.3) is 0 Å². The molecular formula is C16H17BrN2O2. The summed E-state index contributed by atoms with van der Waals surface area (Å²) in [5, 5.41) is 3.20. The molecule has 0 bridgehead atoms. The van der Waals surface area contributed by atoms with Crippen LogP contribution in [0, 0.1) is 0 Å². The standard InChI is InChI=1S/C16H17BrN2O2/c1-16(15(18)20,11-6-8-12(17)9-7-11)19-13-4-3-5-14(10-13)21-2/h3-10,19H,1-2H3,(H2,18,20). The third kappa shape index (κ3) is 3.36. The molecule has 2 aromatic carbocycles. The smallest absolute Gasteiger partial charge is 0.247 e. The molecule has 0 saturated carbocycles. The first-order valence-corrected chi connectivity index (χ1v) is 7.23. The van der Waals surface area contributed by atoms with E-state index in [2.05, 4.69) is 21.2 Å². The van der Waals surface area contributed by atoms with E-state index in [1.54, 1.807) is 14.0 Å². The molecule has 1 atom stereocenters. The summed E-state index contributed by atoms with van der Waals surface area (Å²) >= 11 is 3.38. The second kappa shape index (κ2) is 6.18. The average Bonchev–Trinajstić information content (AvgIpc) is 2.47. The second-order valence-corrected chi connectivity index (χ2v) is 5.77. The first-order chi connectivity index (χ1) is 9.95. The predicted octanol–water partition coefficient (Wildman–Crippen LogP) is 3.27. The third-order valence-electron chi connectivity index (χ3n) is 3.38. The first kappa shape index (κ1) is 15.4. The van der Waals surface area contributed by atoms with Crippen LogP contribution in [0.5, 0.6) is 5.75 Å². The highest BCUT2D eigenvalue weighted by atomic mass is 79.9. The lowest BCUT2D eigenvalue weighted by molar-refractivity contribution is -0.122. The van der Waals surface area contributed by atoms with Gasteiger partial charge in [0, 0.05) is 16.2 Å². The number of rotatable bonds is 5. The molecule has 1 unspecified atom stereocenters. The molecule has 0 aliphatic heterocycles. The van der Waals surface area contributed by atoms with Crippen LogP contribution in [-0.4, -0.2) is 13.0 Å². The molecule has 110 valence electrons. The number of ether oxygens (including phenoxy) is 1. The Labute approximate surface area is 132 Å². The number of nitrogens with two attached hydrogens (primary N) is 1. The molecule has 2 rings (SSSR count). The van der Waals surface area contributed by atoms with Crippen molar-refractivity contribution in [3.8, 4) is 5.75 Å². The average molecular weight is 349 g/mol. The van der Waals surface area contributed by atoms with Crippen LogP contribution in [0.25, 0.3) is 0 Å². The Morgan fingerprint density at radius 2 is 1.90 bits per heavy atom. The zero-order valence-corrected chi connectivity index (χ0v) is 13.5. The number of methoxy groups -OCH3 is 1. The SMILES string of the molecule is COc1cccc(NC(C)(C(N)=O)c2ccc(Br)cc2)c1. The van der Waals surface area contributed by atoms with E-state index in [0.29, 0.717) is 5.75 Å². The lowest BCUT2D eigenvalue weighted by Crippen LogP contribution is -2.45. The van der Waals surface area contributed by atoms with Crippen molar-refractivity contribution in [1.29, 1.82) is 0 Å². The van der Waals surface area contributed by atoms with E-state index < -0.39 is 11.4 Å². The number of nitrogens with one attached hydrogen (secondary N) is 1. The van der Waals surface area contributed by atoms with E-state index in [1.165, 1.54) is 0 Å². The fraction of sp³-hybridized carbons (Fsp3) is 0.188. The normalized spacial score (nSPS) is 13.3. The van der Waals surface area contributed by atoms with Gasteiger partial charge in [-0.1, -0.05) is 34.1 Å². The van der Waals surface area contributed by atoms with Crippen molar-refractivity contribution in [2.24, 2.45) is 5.73 Å². The van der Waals surface area contributed by atoms with Gasteiger partial charge in [0.1, 0.15) is 11.3 Å². The minimum Gasteiger partial charge on any atom is -0.497 e. The quantitative estimate of drug-likeness (QED) is 0.871. The second-order valence-electron chi connectivity index (χ2n) is 4.85. The van der Waals surface area contributed by atoms with Gasteiger partial charge in [-0.15, -0.1) is 0 Å². The summed E-state index contributed by atoms with van der Waals surface area (Å²) < 4.78 is 6.13. The topological polar surface area (TPSA) is 64.3 Å². The van der Waals surface area contributed by atoms with Crippen molar-refractivity contribution in [2.45, 2.75) is 12.5 Å². The summed E-state index contributed by atoms with van der Waals surface area (Å²) in [5.41, 5.74) is 6.16.